The summed E-state index contributed by atoms with van der Waals surface area (Å²) in [5.74, 6) is 0.907. The van der Waals surface area contributed by atoms with Crippen LogP contribution in [0.4, 0.5) is 11.4 Å². The molecule has 0 aromatic heterocycles. The number of carbonyl (C=O) groups is 1. The highest BCUT2D eigenvalue weighted by Gasteiger charge is 2.17. The third-order valence-electron chi connectivity index (χ3n) is 2.59. The SMILES string of the molecule is CN(CCS)c1ccc2c(c1)CC(=O)N2. The first-order valence-corrected chi connectivity index (χ1v) is 5.58. The number of thiol groups is 1. The average Bonchev–Trinajstić information content (AvgIpc) is 2.57. The molecule has 1 amide bonds. The Morgan fingerprint density at radius 2 is 2.33 bits per heavy atom. The molecule has 3 nitrogen and oxygen atoms in total. The largest absolute Gasteiger partial charge is 0.374 e. The maximum absolute atomic E-state index is 11.2. The van der Waals surface area contributed by atoms with Crippen LogP contribution >= 0.6 is 12.6 Å². The van der Waals surface area contributed by atoms with Crippen molar-refractivity contribution < 1.29 is 4.79 Å². The van der Waals surface area contributed by atoms with E-state index in [1.807, 2.05) is 19.2 Å². The van der Waals surface area contributed by atoms with Gasteiger partial charge in [0.15, 0.2) is 0 Å². The Bertz CT molecular complexity index is 392. The van der Waals surface area contributed by atoms with E-state index in [0.29, 0.717) is 6.42 Å². The molecule has 0 aliphatic carbocycles. The summed E-state index contributed by atoms with van der Waals surface area (Å²) in [7, 11) is 2.03. The Balaban J connectivity index is 2.23. The van der Waals surface area contributed by atoms with Crippen LogP contribution in [-0.2, 0) is 11.2 Å². The second-order valence-electron chi connectivity index (χ2n) is 3.71. The number of rotatable bonds is 3. The summed E-state index contributed by atoms with van der Waals surface area (Å²) in [5.41, 5.74) is 3.17. The molecule has 0 spiro atoms. The number of carbonyl (C=O) groups excluding carboxylic acids is 1. The number of nitrogens with zero attached hydrogens (tertiary/aromatic N) is 1. The van der Waals surface area contributed by atoms with Crippen molar-refractivity contribution in [1.82, 2.24) is 0 Å². The Kier molecular flexibility index (Phi) is 2.86. The number of fused-ring (bicyclic) bond motifs is 1. The van der Waals surface area contributed by atoms with Crippen LogP contribution in [0.2, 0.25) is 0 Å². The minimum absolute atomic E-state index is 0.0824. The highest BCUT2D eigenvalue weighted by atomic mass is 32.1. The van der Waals surface area contributed by atoms with Crippen LogP contribution in [-0.4, -0.2) is 25.3 Å². The first kappa shape index (κ1) is 10.4. The van der Waals surface area contributed by atoms with Gasteiger partial charge in [0.25, 0.3) is 0 Å². The van der Waals surface area contributed by atoms with Gasteiger partial charge in [-0.2, -0.15) is 12.6 Å². The van der Waals surface area contributed by atoms with Crippen molar-refractivity contribution in [2.24, 2.45) is 0 Å². The minimum atomic E-state index is 0.0824. The molecular formula is C11H14N2OS. The molecule has 1 aliphatic rings. The lowest BCUT2D eigenvalue weighted by molar-refractivity contribution is -0.115. The Labute approximate surface area is 94.9 Å². The molecule has 1 N–H and O–H groups in total. The van der Waals surface area contributed by atoms with Crippen molar-refractivity contribution in [2.45, 2.75) is 6.42 Å². The molecule has 1 heterocycles. The smallest absolute Gasteiger partial charge is 0.228 e. The summed E-state index contributed by atoms with van der Waals surface area (Å²) in [6.07, 6.45) is 0.498. The molecule has 0 unspecified atom stereocenters. The van der Waals surface area contributed by atoms with Crippen LogP contribution in [0.5, 0.6) is 0 Å². The molecule has 80 valence electrons. The molecule has 1 aliphatic heterocycles. The summed E-state index contributed by atoms with van der Waals surface area (Å²) < 4.78 is 0. The first-order chi connectivity index (χ1) is 7.20. The van der Waals surface area contributed by atoms with Crippen LogP contribution in [0.25, 0.3) is 0 Å². The molecule has 0 saturated carbocycles. The van der Waals surface area contributed by atoms with E-state index in [-0.39, 0.29) is 5.91 Å². The average molecular weight is 222 g/mol. The fraction of sp³-hybridized carbons (Fsp3) is 0.364. The molecular weight excluding hydrogens is 208 g/mol. The molecule has 2 rings (SSSR count). The maximum atomic E-state index is 11.2. The van der Waals surface area contributed by atoms with Gasteiger partial charge in [0, 0.05) is 30.7 Å². The van der Waals surface area contributed by atoms with Crippen LogP contribution in [0.1, 0.15) is 5.56 Å². The van der Waals surface area contributed by atoms with E-state index in [9.17, 15) is 4.79 Å². The van der Waals surface area contributed by atoms with E-state index in [0.717, 1.165) is 29.2 Å². The lowest BCUT2D eigenvalue weighted by Crippen LogP contribution is -2.19. The third kappa shape index (κ3) is 2.09. The van der Waals surface area contributed by atoms with Gasteiger partial charge in [-0.15, -0.1) is 0 Å². The Morgan fingerprint density at radius 1 is 1.53 bits per heavy atom. The van der Waals surface area contributed by atoms with E-state index in [1.54, 1.807) is 0 Å². The molecule has 0 saturated heterocycles. The number of hydrogen-bond donors (Lipinski definition) is 2. The maximum Gasteiger partial charge on any atom is 0.228 e. The van der Waals surface area contributed by atoms with Crippen LogP contribution in [0.3, 0.4) is 0 Å². The normalized spacial score (nSPS) is 13.6. The number of hydrogen-bond acceptors (Lipinski definition) is 3. The number of benzene rings is 1. The molecule has 0 radical (unpaired) electrons. The van der Waals surface area contributed by atoms with Gasteiger partial charge in [-0.3, -0.25) is 4.79 Å². The van der Waals surface area contributed by atoms with E-state index in [4.69, 9.17) is 0 Å². The van der Waals surface area contributed by atoms with Crippen LogP contribution < -0.4 is 10.2 Å². The summed E-state index contributed by atoms with van der Waals surface area (Å²) in [5, 5.41) is 2.82. The van der Waals surface area contributed by atoms with Gasteiger partial charge >= 0.3 is 0 Å². The van der Waals surface area contributed by atoms with Crippen molar-refractivity contribution in [3.8, 4) is 0 Å². The number of nitrogens with one attached hydrogen (secondary N) is 1. The quantitative estimate of drug-likeness (QED) is 0.761. The van der Waals surface area contributed by atoms with Gasteiger partial charge in [-0.05, 0) is 23.8 Å². The van der Waals surface area contributed by atoms with Crippen molar-refractivity contribution in [2.75, 3.05) is 29.6 Å². The lowest BCUT2D eigenvalue weighted by atomic mass is 10.1. The summed E-state index contributed by atoms with van der Waals surface area (Å²) in [6.45, 7) is 0.906. The monoisotopic (exact) mass is 222 g/mol. The fourth-order valence-electron chi connectivity index (χ4n) is 1.73. The van der Waals surface area contributed by atoms with E-state index < -0.39 is 0 Å². The van der Waals surface area contributed by atoms with Crippen LogP contribution in [0, 0.1) is 0 Å². The minimum Gasteiger partial charge on any atom is -0.374 e. The first-order valence-electron chi connectivity index (χ1n) is 4.95. The second-order valence-corrected chi connectivity index (χ2v) is 4.16. The van der Waals surface area contributed by atoms with Crippen molar-refractivity contribution >= 4 is 29.9 Å². The van der Waals surface area contributed by atoms with Crippen LogP contribution in [0.15, 0.2) is 18.2 Å². The van der Waals surface area contributed by atoms with Gasteiger partial charge in [0.05, 0.1) is 6.42 Å². The zero-order valence-corrected chi connectivity index (χ0v) is 9.55. The summed E-state index contributed by atoms with van der Waals surface area (Å²) >= 11 is 4.20. The number of anilines is 2. The Hall–Kier alpha value is -1.16. The zero-order chi connectivity index (χ0) is 10.8. The second kappa shape index (κ2) is 4.14. The zero-order valence-electron chi connectivity index (χ0n) is 8.66. The fourth-order valence-corrected chi connectivity index (χ4v) is 2.03. The molecule has 4 heteroatoms. The van der Waals surface area contributed by atoms with Crippen molar-refractivity contribution in [3.63, 3.8) is 0 Å². The third-order valence-corrected chi connectivity index (χ3v) is 2.79. The molecule has 0 bridgehead atoms. The molecule has 1 aromatic carbocycles. The topological polar surface area (TPSA) is 32.3 Å². The molecule has 15 heavy (non-hydrogen) atoms. The predicted octanol–water partition coefficient (Wildman–Crippen LogP) is 1.55. The highest BCUT2D eigenvalue weighted by Crippen LogP contribution is 2.27. The lowest BCUT2D eigenvalue weighted by Gasteiger charge is -2.18. The summed E-state index contributed by atoms with van der Waals surface area (Å²) in [4.78, 5) is 13.3. The molecule has 0 fully saturated rings. The molecule has 0 atom stereocenters. The van der Waals surface area contributed by atoms with Crippen molar-refractivity contribution in [1.29, 1.82) is 0 Å². The summed E-state index contributed by atoms with van der Waals surface area (Å²) in [6, 6.07) is 6.05. The van der Waals surface area contributed by atoms with E-state index in [2.05, 4.69) is 28.9 Å². The van der Waals surface area contributed by atoms with Gasteiger partial charge in [-0.1, -0.05) is 0 Å². The molecule has 1 aromatic rings. The van der Waals surface area contributed by atoms with Gasteiger partial charge in [-0.25, -0.2) is 0 Å². The van der Waals surface area contributed by atoms with E-state index in [1.165, 1.54) is 0 Å². The predicted molar refractivity (Wildman–Crippen MR) is 65.9 cm³/mol. The van der Waals surface area contributed by atoms with Gasteiger partial charge in [0.1, 0.15) is 0 Å². The highest BCUT2D eigenvalue weighted by molar-refractivity contribution is 7.80. The van der Waals surface area contributed by atoms with Gasteiger partial charge < -0.3 is 10.2 Å². The Morgan fingerprint density at radius 3 is 3.07 bits per heavy atom. The van der Waals surface area contributed by atoms with Crippen molar-refractivity contribution in [3.05, 3.63) is 23.8 Å². The van der Waals surface area contributed by atoms with E-state index >= 15 is 0 Å². The van der Waals surface area contributed by atoms with Gasteiger partial charge in [0.2, 0.25) is 5.91 Å². The standard InChI is InChI=1S/C11H14N2OS/c1-13(4-5-15)9-2-3-10-8(6-9)7-11(14)12-10/h2-3,6,15H,4-5,7H2,1H3,(H,12,14). The number of amides is 1.